The maximum absolute atomic E-state index is 12.4. The van der Waals surface area contributed by atoms with Gasteiger partial charge in [0.15, 0.2) is 0 Å². The Bertz CT molecular complexity index is 444. The molecular weight excluding hydrogens is 266 g/mol. The van der Waals surface area contributed by atoms with Gasteiger partial charge in [-0.25, -0.2) is 0 Å². The van der Waals surface area contributed by atoms with E-state index in [1.165, 1.54) is 0 Å². The summed E-state index contributed by atoms with van der Waals surface area (Å²) >= 11 is 0. The van der Waals surface area contributed by atoms with Gasteiger partial charge in [-0.1, -0.05) is 18.2 Å². The van der Waals surface area contributed by atoms with Crippen molar-refractivity contribution in [3.63, 3.8) is 0 Å². The van der Waals surface area contributed by atoms with Gasteiger partial charge in [0.05, 0.1) is 12.0 Å². The van der Waals surface area contributed by atoms with Crippen LogP contribution in [0.3, 0.4) is 0 Å². The molecule has 1 aliphatic rings. The number of likely N-dealkylation sites (N-methyl/N-ethyl adjacent to an activating group) is 1. The van der Waals surface area contributed by atoms with Crippen LogP contribution >= 0.6 is 0 Å². The second-order valence-electron chi connectivity index (χ2n) is 5.65. The minimum absolute atomic E-state index is 0.0933. The number of carbonyl (C=O) groups is 1. The van der Waals surface area contributed by atoms with Crippen molar-refractivity contribution < 1.29 is 9.53 Å². The van der Waals surface area contributed by atoms with Gasteiger partial charge in [0.2, 0.25) is 5.91 Å². The predicted molar refractivity (Wildman–Crippen MR) is 84.5 cm³/mol. The van der Waals surface area contributed by atoms with Crippen LogP contribution < -0.4 is 15.5 Å². The molecule has 0 bridgehead atoms. The van der Waals surface area contributed by atoms with Gasteiger partial charge in [-0.05, 0) is 25.1 Å². The number of nitrogens with zero attached hydrogens (tertiary/aromatic N) is 1. The number of amides is 1. The number of ether oxygens (including phenoxy) is 1. The number of rotatable bonds is 7. The summed E-state index contributed by atoms with van der Waals surface area (Å²) in [5.74, 6) is 0.0933. The van der Waals surface area contributed by atoms with Crippen LogP contribution in [-0.2, 0) is 9.53 Å². The highest BCUT2D eigenvalue weighted by molar-refractivity contribution is 5.83. The van der Waals surface area contributed by atoms with Gasteiger partial charge in [-0.2, -0.15) is 0 Å². The van der Waals surface area contributed by atoms with Gasteiger partial charge in [-0.3, -0.25) is 4.79 Å². The van der Waals surface area contributed by atoms with Crippen LogP contribution in [0, 0.1) is 5.41 Å². The highest BCUT2D eigenvalue weighted by Gasteiger charge is 2.41. The Morgan fingerprint density at radius 3 is 2.81 bits per heavy atom. The molecular formula is C16H25N3O2. The van der Waals surface area contributed by atoms with Crippen molar-refractivity contribution in [1.29, 1.82) is 0 Å². The zero-order chi connectivity index (χ0) is 15.1. The molecule has 1 aliphatic heterocycles. The summed E-state index contributed by atoms with van der Waals surface area (Å²) in [6.07, 6.45) is 0.835. The number of para-hydroxylation sites is 1. The molecule has 1 aromatic rings. The molecule has 1 amide bonds. The molecule has 21 heavy (non-hydrogen) atoms. The van der Waals surface area contributed by atoms with E-state index in [4.69, 9.17) is 4.74 Å². The normalized spacial score (nSPS) is 21.2. The van der Waals surface area contributed by atoms with Crippen molar-refractivity contribution in [2.45, 2.75) is 6.42 Å². The highest BCUT2D eigenvalue weighted by atomic mass is 16.5. The largest absolute Gasteiger partial charge is 0.384 e. The number of benzene rings is 1. The molecule has 1 aromatic carbocycles. The topological polar surface area (TPSA) is 53.6 Å². The number of anilines is 1. The van der Waals surface area contributed by atoms with Crippen LogP contribution in [-0.4, -0.2) is 52.9 Å². The maximum atomic E-state index is 12.4. The van der Waals surface area contributed by atoms with Crippen LogP contribution in [0.25, 0.3) is 0 Å². The lowest BCUT2D eigenvalue weighted by atomic mass is 9.87. The van der Waals surface area contributed by atoms with Crippen molar-refractivity contribution in [2.75, 3.05) is 51.8 Å². The zero-order valence-corrected chi connectivity index (χ0v) is 12.9. The number of hydrogen-bond acceptors (Lipinski definition) is 4. The smallest absolute Gasteiger partial charge is 0.229 e. The van der Waals surface area contributed by atoms with Gasteiger partial charge in [0.1, 0.15) is 0 Å². The Hall–Kier alpha value is -1.59. The highest BCUT2D eigenvalue weighted by Crippen LogP contribution is 2.25. The van der Waals surface area contributed by atoms with Gasteiger partial charge in [0.25, 0.3) is 0 Å². The quantitative estimate of drug-likeness (QED) is 0.782. The monoisotopic (exact) mass is 291 g/mol. The predicted octanol–water partition coefficient (Wildman–Crippen LogP) is 0.865. The van der Waals surface area contributed by atoms with Gasteiger partial charge in [0, 0.05) is 39.5 Å². The van der Waals surface area contributed by atoms with Gasteiger partial charge >= 0.3 is 0 Å². The molecule has 5 nitrogen and oxygen atoms in total. The zero-order valence-electron chi connectivity index (χ0n) is 12.9. The standard InChI is InChI=1S/C16H25N3O2/c1-19(14-6-4-3-5-7-14)11-10-18-15(20)16(13-21-2)8-9-17-12-16/h3-7,17H,8-13H2,1-2H3,(H,18,20). The van der Waals surface area contributed by atoms with E-state index in [2.05, 4.69) is 27.7 Å². The van der Waals surface area contributed by atoms with E-state index in [0.717, 1.165) is 25.2 Å². The van der Waals surface area contributed by atoms with Crippen molar-refractivity contribution in [2.24, 2.45) is 5.41 Å². The minimum Gasteiger partial charge on any atom is -0.384 e. The molecule has 1 unspecified atom stereocenters. The fourth-order valence-corrected chi connectivity index (χ4v) is 2.74. The van der Waals surface area contributed by atoms with Crippen molar-refractivity contribution in [3.8, 4) is 0 Å². The molecule has 0 spiro atoms. The molecule has 0 aromatic heterocycles. The first-order valence-corrected chi connectivity index (χ1v) is 7.42. The summed E-state index contributed by atoms with van der Waals surface area (Å²) < 4.78 is 5.24. The summed E-state index contributed by atoms with van der Waals surface area (Å²) in [7, 11) is 3.68. The first-order chi connectivity index (χ1) is 10.2. The third-order valence-electron chi connectivity index (χ3n) is 4.08. The van der Waals surface area contributed by atoms with E-state index in [1.54, 1.807) is 7.11 Å². The molecule has 2 N–H and O–H groups in total. The van der Waals surface area contributed by atoms with Gasteiger partial charge in [-0.15, -0.1) is 0 Å². The van der Waals surface area contributed by atoms with E-state index < -0.39 is 5.41 Å². The van der Waals surface area contributed by atoms with Crippen molar-refractivity contribution in [3.05, 3.63) is 30.3 Å². The van der Waals surface area contributed by atoms with E-state index >= 15 is 0 Å². The fourth-order valence-electron chi connectivity index (χ4n) is 2.74. The average Bonchev–Trinajstić information content (AvgIpc) is 2.98. The minimum atomic E-state index is -0.403. The second-order valence-corrected chi connectivity index (χ2v) is 5.65. The molecule has 0 radical (unpaired) electrons. The van der Waals surface area contributed by atoms with E-state index in [1.807, 2.05) is 25.2 Å². The molecule has 1 atom stereocenters. The molecule has 5 heteroatoms. The number of carbonyl (C=O) groups excluding carboxylic acids is 1. The molecule has 1 fully saturated rings. The number of hydrogen-bond donors (Lipinski definition) is 2. The number of methoxy groups -OCH3 is 1. The Kier molecular flexibility index (Phi) is 5.59. The van der Waals surface area contributed by atoms with Crippen LogP contribution in [0.4, 0.5) is 5.69 Å². The van der Waals surface area contributed by atoms with E-state index in [9.17, 15) is 4.79 Å². The van der Waals surface area contributed by atoms with Gasteiger partial charge < -0.3 is 20.3 Å². The Morgan fingerprint density at radius 1 is 1.43 bits per heavy atom. The van der Waals surface area contributed by atoms with Crippen LogP contribution in [0.1, 0.15) is 6.42 Å². The second kappa shape index (κ2) is 7.43. The summed E-state index contributed by atoms with van der Waals surface area (Å²) in [6.45, 7) is 3.46. The Balaban J connectivity index is 1.81. The first-order valence-electron chi connectivity index (χ1n) is 7.42. The summed E-state index contributed by atoms with van der Waals surface area (Å²) in [6, 6.07) is 10.2. The van der Waals surface area contributed by atoms with E-state index in [-0.39, 0.29) is 5.91 Å². The Labute approximate surface area is 126 Å². The summed E-state index contributed by atoms with van der Waals surface area (Å²) in [4.78, 5) is 14.6. The molecule has 0 saturated carbocycles. The number of nitrogens with one attached hydrogen (secondary N) is 2. The van der Waals surface area contributed by atoms with Crippen LogP contribution in [0.15, 0.2) is 30.3 Å². The molecule has 2 rings (SSSR count). The lowest BCUT2D eigenvalue weighted by molar-refractivity contribution is -0.132. The third-order valence-corrected chi connectivity index (χ3v) is 4.08. The molecule has 1 saturated heterocycles. The van der Waals surface area contributed by atoms with Crippen molar-refractivity contribution >= 4 is 11.6 Å². The molecule has 1 heterocycles. The third kappa shape index (κ3) is 3.95. The van der Waals surface area contributed by atoms with Crippen molar-refractivity contribution in [1.82, 2.24) is 10.6 Å². The SMILES string of the molecule is COCC1(C(=O)NCCN(C)c2ccccc2)CCNC1. The summed E-state index contributed by atoms with van der Waals surface area (Å²) in [5.41, 5.74) is 0.751. The maximum Gasteiger partial charge on any atom is 0.229 e. The fraction of sp³-hybridized carbons (Fsp3) is 0.562. The molecule has 116 valence electrons. The van der Waals surface area contributed by atoms with Crippen LogP contribution in [0.2, 0.25) is 0 Å². The summed E-state index contributed by atoms with van der Waals surface area (Å²) in [5, 5.41) is 6.30. The lowest BCUT2D eigenvalue weighted by Crippen LogP contribution is -2.47. The van der Waals surface area contributed by atoms with Crippen LogP contribution in [0.5, 0.6) is 0 Å². The lowest BCUT2D eigenvalue weighted by Gasteiger charge is -2.27. The first kappa shape index (κ1) is 15.8. The molecule has 0 aliphatic carbocycles. The Morgan fingerprint density at radius 2 is 2.19 bits per heavy atom. The van der Waals surface area contributed by atoms with E-state index in [0.29, 0.717) is 19.7 Å². The average molecular weight is 291 g/mol.